The van der Waals surface area contributed by atoms with Crippen LogP contribution in [0.4, 0.5) is 0 Å². The highest BCUT2D eigenvalue weighted by atomic mass is 15.2. The monoisotopic (exact) mass is 268 g/mol. The van der Waals surface area contributed by atoms with Crippen LogP contribution >= 0.6 is 0 Å². The Balaban J connectivity index is 1.36. The summed E-state index contributed by atoms with van der Waals surface area (Å²) in [6, 6.07) is 0.814. The van der Waals surface area contributed by atoms with Gasteiger partial charge in [-0.2, -0.15) is 0 Å². The number of rotatable bonds is 1. The van der Waals surface area contributed by atoms with Crippen LogP contribution in [0.25, 0.3) is 0 Å². The van der Waals surface area contributed by atoms with Crippen molar-refractivity contribution < 1.29 is 0 Å². The molecule has 2 fully saturated rings. The third-order valence-electron chi connectivity index (χ3n) is 6.40. The first-order valence-electron chi connectivity index (χ1n) is 8.40. The van der Waals surface area contributed by atoms with Gasteiger partial charge in [-0.05, 0) is 50.8 Å². The first-order valence-corrected chi connectivity index (χ1v) is 8.40. The van der Waals surface area contributed by atoms with Crippen LogP contribution in [0.3, 0.4) is 0 Å². The van der Waals surface area contributed by atoms with Crippen molar-refractivity contribution in [2.45, 2.75) is 38.1 Å². The van der Waals surface area contributed by atoms with Crippen LogP contribution in [0.1, 0.15) is 32.1 Å². The fourth-order valence-corrected chi connectivity index (χ4v) is 4.99. The van der Waals surface area contributed by atoms with Gasteiger partial charge in [0.05, 0.1) is 0 Å². The normalized spacial score (nSPS) is 38.1. The Morgan fingerprint density at radius 1 is 1.25 bits per heavy atom. The van der Waals surface area contributed by atoms with Gasteiger partial charge in [-0.3, -0.25) is 4.90 Å². The molecule has 2 heteroatoms. The van der Waals surface area contributed by atoms with E-state index in [9.17, 15) is 0 Å². The molecule has 1 N–H and O–H groups in total. The van der Waals surface area contributed by atoms with Crippen molar-refractivity contribution in [1.29, 1.82) is 0 Å². The summed E-state index contributed by atoms with van der Waals surface area (Å²) in [6.45, 7) is 4.95. The van der Waals surface area contributed by atoms with Gasteiger partial charge in [0.1, 0.15) is 0 Å². The second-order valence-corrected chi connectivity index (χ2v) is 7.42. The molecule has 1 spiro atoms. The molecule has 1 saturated carbocycles. The summed E-state index contributed by atoms with van der Waals surface area (Å²) >= 11 is 0. The van der Waals surface area contributed by atoms with E-state index in [-0.39, 0.29) is 0 Å². The number of hydrogen-bond acceptors (Lipinski definition) is 2. The summed E-state index contributed by atoms with van der Waals surface area (Å²) in [5.74, 6) is 0.970. The van der Waals surface area contributed by atoms with Crippen LogP contribution in [0.2, 0.25) is 0 Å². The summed E-state index contributed by atoms with van der Waals surface area (Å²) in [7, 11) is 0. The molecule has 0 amide bonds. The van der Waals surface area contributed by atoms with Gasteiger partial charge in [0.15, 0.2) is 0 Å². The molecule has 0 aromatic carbocycles. The predicted molar refractivity (Wildman–Crippen MR) is 81.5 cm³/mol. The van der Waals surface area contributed by atoms with Crippen LogP contribution in [-0.2, 0) is 0 Å². The van der Waals surface area contributed by atoms with E-state index in [0.717, 1.165) is 18.5 Å². The second kappa shape index (κ2) is 4.08. The average molecular weight is 268 g/mol. The lowest BCUT2D eigenvalue weighted by Gasteiger charge is -2.49. The fourth-order valence-electron chi connectivity index (χ4n) is 4.99. The molecule has 0 bridgehead atoms. The molecule has 2 unspecified atom stereocenters. The number of hydrogen-bond donors (Lipinski definition) is 1. The minimum absolute atomic E-state index is 0.459. The third-order valence-corrected chi connectivity index (χ3v) is 6.40. The minimum atomic E-state index is 0.459. The smallest absolute Gasteiger partial charge is 0.0349 e. The van der Waals surface area contributed by atoms with Crippen molar-refractivity contribution in [1.82, 2.24) is 10.2 Å². The number of allylic oxidation sites excluding steroid dienone is 2. The summed E-state index contributed by atoms with van der Waals surface area (Å²) in [6.07, 6.45) is 14.1. The zero-order valence-corrected chi connectivity index (χ0v) is 12.2. The van der Waals surface area contributed by atoms with Crippen LogP contribution in [0, 0.1) is 11.3 Å². The fraction of sp³-hybridized carbons (Fsp3) is 0.667. The van der Waals surface area contributed by atoms with E-state index in [1.54, 1.807) is 16.7 Å². The molecule has 0 aromatic heterocycles. The van der Waals surface area contributed by atoms with Gasteiger partial charge in [0.2, 0.25) is 0 Å². The molecular formula is C18H24N2. The number of nitrogens with zero attached hydrogens (tertiary/aromatic N) is 1. The maximum absolute atomic E-state index is 3.71. The van der Waals surface area contributed by atoms with Gasteiger partial charge in [-0.1, -0.05) is 29.4 Å². The lowest BCUT2D eigenvalue weighted by molar-refractivity contribution is 0.0956. The Labute approximate surface area is 121 Å². The summed E-state index contributed by atoms with van der Waals surface area (Å²) in [5, 5.41) is 3.71. The average Bonchev–Trinajstić information content (AvgIpc) is 3.12. The Kier molecular flexibility index (Phi) is 2.40. The zero-order valence-electron chi connectivity index (χ0n) is 12.2. The molecule has 106 valence electrons. The molecule has 5 rings (SSSR count). The molecule has 0 aromatic rings. The predicted octanol–water partition coefficient (Wildman–Crippen LogP) is 2.65. The Hall–Kier alpha value is -0.860. The molecule has 1 saturated heterocycles. The van der Waals surface area contributed by atoms with Gasteiger partial charge in [-0.25, -0.2) is 0 Å². The maximum atomic E-state index is 3.71. The highest BCUT2D eigenvalue weighted by Gasteiger charge is 2.49. The quantitative estimate of drug-likeness (QED) is 0.736. The van der Waals surface area contributed by atoms with Gasteiger partial charge < -0.3 is 5.32 Å². The zero-order chi connectivity index (χ0) is 13.2. The van der Waals surface area contributed by atoms with E-state index in [0.29, 0.717) is 5.41 Å². The van der Waals surface area contributed by atoms with Gasteiger partial charge in [0, 0.05) is 30.5 Å². The molecule has 2 nitrogen and oxygen atoms in total. The van der Waals surface area contributed by atoms with E-state index in [1.807, 2.05) is 0 Å². The number of fused-ring (bicyclic) bond motifs is 2. The summed E-state index contributed by atoms with van der Waals surface area (Å²) in [4.78, 5) is 2.76. The van der Waals surface area contributed by atoms with E-state index in [2.05, 4.69) is 28.4 Å². The molecule has 2 heterocycles. The largest absolute Gasteiger partial charge is 0.312 e. The first kappa shape index (κ1) is 11.8. The van der Waals surface area contributed by atoms with E-state index < -0.39 is 0 Å². The van der Waals surface area contributed by atoms with Crippen molar-refractivity contribution in [3.05, 3.63) is 34.9 Å². The lowest BCUT2D eigenvalue weighted by atomic mass is 9.67. The standard InChI is InChI=1S/C18H24N2/c1-2-4-16-13(3-1)11-19-12-18(16)5-7-20(8-6-18)17-10-14-9-15(14)17/h2,4,10,15,17,19H,1,3,5-9,11-12H2. The van der Waals surface area contributed by atoms with E-state index in [1.165, 1.54) is 51.7 Å². The van der Waals surface area contributed by atoms with Crippen LogP contribution in [0.15, 0.2) is 34.9 Å². The molecule has 5 aliphatic rings. The number of piperidine rings is 1. The molecule has 20 heavy (non-hydrogen) atoms. The summed E-state index contributed by atoms with van der Waals surface area (Å²) < 4.78 is 0. The number of likely N-dealkylation sites (tertiary alicyclic amines) is 1. The van der Waals surface area contributed by atoms with Crippen LogP contribution < -0.4 is 5.32 Å². The van der Waals surface area contributed by atoms with Gasteiger partial charge in [0.25, 0.3) is 0 Å². The van der Waals surface area contributed by atoms with E-state index >= 15 is 0 Å². The highest BCUT2D eigenvalue weighted by Crippen LogP contribution is 2.53. The first-order chi connectivity index (χ1) is 9.86. The topological polar surface area (TPSA) is 15.3 Å². The van der Waals surface area contributed by atoms with Crippen LogP contribution in [0.5, 0.6) is 0 Å². The van der Waals surface area contributed by atoms with E-state index in [4.69, 9.17) is 0 Å². The molecular weight excluding hydrogens is 244 g/mol. The Bertz CT molecular complexity index is 532. The van der Waals surface area contributed by atoms with Crippen molar-refractivity contribution in [3.8, 4) is 0 Å². The second-order valence-electron chi connectivity index (χ2n) is 7.42. The van der Waals surface area contributed by atoms with Crippen molar-refractivity contribution >= 4 is 0 Å². The molecule has 0 radical (unpaired) electrons. The molecule has 2 atom stereocenters. The van der Waals surface area contributed by atoms with Crippen molar-refractivity contribution in [3.63, 3.8) is 0 Å². The molecule has 2 aliphatic heterocycles. The number of nitrogens with one attached hydrogen (secondary N) is 1. The van der Waals surface area contributed by atoms with Crippen molar-refractivity contribution in [2.24, 2.45) is 11.3 Å². The van der Waals surface area contributed by atoms with Gasteiger partial charge in [-0.15, -0.1) is 0 Å². The molecule has 3 aliphatic carbocycles. The summed E-state index contributed by atoms with van der Waals surface area (Å²) in [5.41, 5.74) is 5.63. The van der Waals surface area contributed by atoms with Crippen LogP contribution in [-0.4, -0.2) is 37.1 Å². The highest BCUT2D eigenvalue weighted by molar-refractivity contribution is 5.41. The Morgan fingerprint density at radius 2 is 2.15 bits per heavy atom. The SMILES string of the molecule is C1=CC2=C(CC1)CNCC21CCN(C2C=C3CC32)CC1. The maximum Gasteiger partial charge on any atom is 0.0349 e. The van der Waals surface area contributed by atoms with Crippen molar-refractivity contribution in [2.75, 3.05) is 26.2 Å². The lowest BCUT2D eigenvalue weighted by Crippen LogP contribution is -2.52. The third kappa shape index (κ3) is 1.58. The minimum Gasteiger partial charge on any atom is -0.312 e. The van der Waals surface area contributed by atoms with Gasteiger partial charge >= 0.3 is 0 Å². The Morgan fingerprint density at radius 3 is 2.90 bits per heavy atom.